The minimum atomic E-state index is 0.642. The molecule has 1 aromatic carbocycles. The number of rotatable bonds is 2. The molecule has 3 rings (SSSR count). The molecule has 0 saturated carbocycles. The van der Waals surface area contributed by atoms with Crippen LogP contribution in [0.25, 0.3) is 11.0 Å². The van der Waals surface area contributed by atoms with Gasteiger partial charge in [0.05, 0.1) is 11.0 Å². The van der Waals surface area contributed by atoms with E-state index >= 15 is 0 Å². The predicted octanol–water partition coefficient (Wildman–Crippen LogP) is 3.07. The first kappa shape index (κ1) is 12.9. The SMILES string of the molecule is Nc1nc2cc(I)ccc2n1CC1CSCCS1. The number of nitrogen functional groups attached to an aromatic ring is 1. The van der Waals surface area contributed by atoms with Crippen molar-refractivity contribution in [2.75, 3.05) is 23.0 Å². The van der Waals surface area contributed by atoms with Gasteiger partial charge in [-0.25, -0.2) is 4.98 Å². The summed E-state index contributed by atoms with van der Waals surface area (Å²) in [7, 11) is 0. The van der Waals surface area contributed by atoms with Crippen molar-refractivity contribution < 1.29 is 0 Å². The molecule has 1 aromatic heterocycles. The van der Waals surface area contributed by atoms with Crippen molar-refractivity contribution >= 4 is 63.1 Å². The minimum Gasteiger partial charge on any atom is -0.369 e. The average Bonchev–Trinajstić information content (AvgIpc) is 2.66. The Morgan fingerprint density at radius 3 is 3.11 bits per heavy atom. The highest BCUT2D eigenvalue weighted by atomic mass is 127. The second-order valence-electron chi connectivity index (χ2n) is 4.28. The fourth-order valence-corrected chi connectivity index (χ4v) is 5.29. The van der Waals surface area contributed by atoms with Crippen molar-refractivity contribution in [3.05, 3.63) is 21.8 Å². The first-order valence-corrected chi connectivity index (χ1v) is 9.13. The summed E-state index contributed by atoms with van der Waals surface area (Å²) in [5, 5.41) is 0.655. The number of aromatic nitrogens is 2. The molecule has 0 radical (unpaired) electrons. The quantitative estimate of drug-likeness (QED) is 0.800. The summed E-state index contributed by atoms with van der Waals surface area (Å²) in [5.74, 6) is 4.39. The Hall–Kier alpha value is -0.0800. The highest BCUT2D eigenvalue weighted by Gasteiger charge is 2.17. The molecule has 1 fully saturated rings. The summed E-state index contributed by atoms with van der Waals surface area (Å²) < 4.78 is 3.36. The van der Waals surface area contributed by atoms with E-state index in [-0.39, 0.29) is 0 Å². The van der Waals surface area contributed by atoms with Crippen molar-refractivity contribution in [1.82, 2.24) is 9.55 Å². The normalized spacial score (nSPS) is 20.4. The summed E-state index contributed by atoms with van der Waals surface area (Å²) in [6.45, 7) is 0.973. The average molecular weight is 391 g/mol. The van der Waals surface area contributed by atoms with Crippen LogP contribution in [-0.4, -0.2) is 32.1 Å². The molecule has 2 heterocycles. The van der Waals surface area contributed by atoms with Crippen molar-refractivity contribution in [1.29, 1.82) is 0 Å². The zero-order chi connectivity index (χ0) is 12.5. The van der Waals surface area contributed by atoms with E-state index in [2.05, 4.69) is 62.1 Å². The van der Waals surface area contributed by atoms with Crippen LogP contribution in [0.4, 0.5) is 5.95 Å². The van der Waals surface area contributed by atoms with E-state index in [0.717, 1.165) is 17.6 Å². The Labute approximate surface area is 128 Å². The number of hydrogen-bond donors (Lipinski definition) is 1. The molecule has 1 aliphatic rings. The predicted molar refractivity (Wildman–Crippen MR) is 90.4 cm³/mol. The van der Waals surface area contributed by atoms with Gasteiger partial charge in [-0.3, -0.25) is 0 Å². The summed E-state index contributed by atoms with van der Waals surface area (Å²) in [5.41, 5.74) is 8.22. The molecule has 2 aromatic rings. The van der Waals surface area contributed by atoms with Gasteiger partial charge in [0.1, 0.15) is 0 Å². The first-order valence-electron chi connectivity index (χ1n) is 5.84. The van der Waals surface area contributed by atoms with Crippen LogP contribution in [-0.2, 0) is 6.54 Å². The standard InChI is InChI=1S/C12H14IN3S2/c13-8-1-2-11-10(5-8)15-12(14)16(11)6-9-7-17-3-4-18-9/h1-2,5,9H,3-4,6-7H2,(H2,14,15). The lowest BCUT2D eigenvalue weighted by molar-refractivity contribution is 0.724. The Morgan fingerprint density at radius 2 is 2.33 bits per heavy atom. The smallest absolute Gasteiger partial charge is 0.201 e. The number of fused-ring (bicyclic) bond motifs is 1. The van der Waals surface area contributed by atoms with E-state index in [0.29, 0.717) is 11.2 Å². The second kappa shape index (κ2) is 5.50. The molecular weight excluding hydrogens is 377 g/mol. The summed E-state index contributed by atoms with van der Waals surface area (Å²) in [6.07, 6.45) is 0. The summed E-state index contributed by atoms with van der Waals surface area (Å²) in [4.78, 5) is 4.46. The third-order valence-electron chi connectivity index (χ3n) is 3.01. The molecule has 1 aliphatic heterocycles. The van der Waals surface area contributed by atoms with E-state index < -0.39 is 0 Å². The highest BCUT2D eigenvalue weighted by Crippen LogP contribution is 2.28. The number of benzene rings is 1. The third-order valence-corrected chi connectivity index (χ3v) is 6.51. The molecule has 0 spiro atoms. The van der Waals surface area contributed by atoms with E-state index in [1.54, 1.807) is 0 Å². The van der Waals surface area contributed by atoms with Gasteiger partial charge in [-0.15, -0.1) is 0 Å². The molecule has 0 amide bonds. The third kappa shape index (κ3) is 2.60. The fraction of sp³-hybridized carbons (Fsp3) is 0.417. The Morgan fingerprint density at radius 1 is 1.44 bits per heavy atom. The van der Waals surface area contributed by atoms with Crippen LogP contribution in [0.3, 0.4) is 0 Å². The van der Waals surface area contributed by atoms with Gasteiger partial charge in [0.2, 0.25) is 5.95 Å². The Kier molecular flexibility index (Phi) is 3.95. The number of anilines is 1. The fourth-order valence-electron chi connectivity index (χ4n) is 2.16. The summed E-state index contributed by atoms with van der Waals surface area (Å²) in [6, 6.07) is 6.33. The molecular formula is C12H14IN3S2. The van der Waals surface area contributed by atoms with Crippen molar-refractivity contribution in [3.8, 4) is 0 Å². The van der Waals surface area contributed by atoms with E-state index in [1.807, 2.05) is 11.8 Å². The number of halogens is 1. The maximum atomic E-state index is 6.05. The van der Waals surface area contributed by atoms with Crippen LogP contribution in [0.2, 0.25) is 0 Å². The van der Waals surface area contributed by atoms with Gasteiger partial charge >= 0.3 is 0 Å². The largest absolute Gasteiger partial charge is 0.369 e. The monoisotopic (exact) mass is 391 g/mol. The maximum Gasteiger partial charge on any atom is 0.201 e. The van der Waals surface area contributed by atoms with Crippen LogP contribution >= 0.6 is 46.1 Å². The van der Waals surface area contributed by atoms with Crippen LogP contribution in [0.1, 0.15) is 0 Å². The second-order valence-corrected chi connectivity index (χ2v) is 8.09. The number of imidazole rings is 1. The molecule has 1 atom stereocenters. The molecule has 3 nitrogen and oxygen atoms in total. The van der Waals surface area contributed by atoms with Gasteiger partial charge in [-0.05, 0) is 40.8 Å². The molecule has 96 valence electrons. The van der Waals surface area contributed by atoms with Crippen LogP contribution in [0.5, 0.6) is 0 Å². The van der Waals surface area contributed by atoms with Crippen LogP contribution in [0, 0.1) is 3.57 Å². The molecule has 0 aliphatic carbocycles. The van der Waals surface area contributed by atoms with Gasteiger partial charge in [0, 0.05) is 32.6 Å². The van der Waals surface area contributed by atoms with E-state index in [4.69, 9.17) is 5.73 Å². The number of thioether (sulfide) groups is 2. The van der Waals surface area contributed by atoms with Gasteiger partial charge in [0.15, 0.2) is 0 Å². The van der Waals surface area contributed by atoms with Gasteiger partial charge in [-0.2, -0.15) is 23.5 Å². The first-order chi connectivity index (χ1) is 8.74. The lowest BCUT2D eigenvalue weighted by atomic mass is 10.3. The molecule has 1 saturated heterocycles. The van der Waals surface area contributed by atoms with Gasteiger partial charge in [0.25, 0.3) is 0 Å². The van der Waals surface area contributed by atoms with Gasteiger partial charge in [-0.1, -0.05) is 0 Å². The summed E-state index contributed by atoms with van der Waals surface area (Å²) >= 11 is 6.40. The zero-order valence-corrected chi connectivity index (χ0v) is 13.6. The van der Waals surface area contributed by atoms with E-state index in [9.17, 15) is 0 Å². The maximum absolute atomic E-state index is 6.05. The Bertz CT molecular complexity index is 564. The number of nitrogens with two attached hydrogens (primary N) is 1. The zero-order valence-electron chi connectivity index (χ0n) is 9.80. The molecule has 2 N–H and O–H groups in total. The molecule has 6 heteroatoms. The highest BCUT2D eigenvalue weighted by molar-refractivity contribution is 14.1. The lowest BCUT2D eigenvalue weighted by Gasteiger charge is -2.22. The van der Waals surface area contributed by atoms with Crippen molar-refractivity contribution in [3.63, 3.8) is 0 Å². The van der Waals surface area contributed by atoms with Crippen molar-refractivity contribution in [2.45, 2.75) is 11.8 Å². The molecule has 18 heavy (non-hydrogen) atoms. The number of nitrogens with zero attached hydrogens (tertiary/aromatic N) is 2. The minimum absolute atomic E-state index is 0.642. The van der Waals surface area contributed by atoms with E-state index in [1.165, 1.54) is 20.8 Å². The number of hydrogen-bond acceptors (Lipinski definition) is 4. The van der Waals surface area contributed by atoms with Crippen LogP contribution in [0.15, 0.2) is 18.2 Å². The Balaban J connectivity index is 1.92. The lowest BCUT2D eigenvalue weighted by Crippen LogP contribution is -2.21. The van der Waals surface area contributed by atoms with Gasteiger partial charge < -0.3 is 10.3 Å². The molecule has 1 unspecified atom stereocenters. The van der Waals surface area contributed by atoms with Crippen LogP contribution < -0.4 is 5.73 Å². The topological polar surface area (TPSA) is 43.8 Å². The van der Waals surface area contributed by atoms with Crippen molar-refractivity contribution in [2.24, 2.45) is 0 Å². The molecule has 0 bridgehead atoms.